The van der Waals surface area contributed by atoms with E-state index >= 15 is 0 Å². The third-order valence-electron chi connectivity index (χ3n) is 8.34. The van der Waals surface area contributed by atoms with Gasteiger partial charge in [0.15, 0.2) is 0 Å². The van der Waals surface area contributed by atoms with Crippen molar-refractivity contribution < 1.29 is 4.42 Å². The average Bonchev–Trinajstić information content (AvgIpc) is 3.61. The molecule has 0 bridgehead atoms. The minimum absolute atomic E-state index is 0.933. The van der Waals surface area contributed by atoms with E-state index in [-0.39, 0.29) is 0 Å². The van der Waals surface area contributed by atoms with E-state index < -0.39 is 0 Å². The molecule has 9 rings (SSSR count). The van der Waals surface area contributed by atoms with Gasteiger partial charge in [-0.05, 0) is 72.6 Å². The number of furan rings is 1. The van der Waals surface area contributed by atoms with Crippen LogP contribution < -0.4 is 0 Å². The number of hydrogen-bond donors (Lipinski definition) is 0. The van der Waals surface area contributed by atoms with Gasteiger partial charge >= 0.3 is 0 Å². The molecule has 2 heteroatoms. The van der Waals surface area contributed by atoms with Crippen molar-refractivity contribution in [2.24, 2.45) is 0 Å². The smallest absolute Gasteiger partial charge is 0.144 e. The van der Waals surface area contributed by atoms with Crippen LogP contribution in [0.4, 0.5) is 0 Å². The van der Waals surface area contributed by atoms with Crippen molar-refractivity contribution in [2.45, 2.75) is 0 Å². The molecule has 2 heterocycles. The highest BCUT2D eigenvalue weighted by molar-refractivity contribution is 7.18. The number of fused-ring (bicyclic) bond motifs is 8. The molecule has 0 atom stereocenters. The van der Waals surface area contributed by atoms with Gasteiger partial charge in [0, 0.05) is 26.4 Å². The summed E-state index contributed by atoms with van der Waals surface area (Å²) in [6, 6.07) is 46.0. The summed E-state index contributed by atoms with van der Waals surface area (Å²) in [5.41, 5.74) is 6.98. The molecule has 186 valence electrons. The molecule has 7 aromatic carbocycles. The van der Waals surface area contributed by atoms with Crippen LogP contribution in [0.5, 0.6) is 0 Å². The molecule has 0 radical (unpaired) electrons. The first-order valence-corrected chi connectivity index (χ1v) is 14.5. The molecule has 0 fully saturated rings. The Bertz CT molecular complexity index is 2380. The highest BCUT2D eigenvalue weighted by Gasteiger charge is 2.21. The SMILES string of the molecule is c1ccc2c(-c3c4ccccc4c(-c4csc5ccc6c7ccccc7oc6c45)c4ccccc34)cccc2c1. The molecular weight excluding hydrogens is 504 g/mol. The third kappa shape index (κ3) is 2.97. The van der Waals surface area contributed by atoms with Crippen molar-refractivity contribution in [1.82, 2.24) is 0 Å². The Morgan fingerprint density at radius 1 is 0.425 bits per heavy atom. The Morgan fingerprint density at radius 2 is 1.00 bits per heavy atom. The normalized spacial score (nSPS) is 12.0. The fourth-order valence-corrected chi connectivity index (χ4v) is 7.59. The van der Waals surface area contributed by atoms with E-state index in [2.05, 4.69) is 127 Å². The van der Waals surface area contributed by atoms with Crippen LogP contribution in [-0.4, -0.2) is 0 Å². The van der Waals surface area contributed by atoms with Crippen LogP contribution >= 0.6 is 11.3 Å². The molecule has 0 saturated carbocycles. The van der Waals surface area contributed by atoms with E-state index in [0.717, 1.165) is 16.6 Å². The average molecular weight is 527 g/mol. The van der Waals surface area contributed by atoms with Crippen LogP contribution in [0.3, 0.4) is 0 Å². The van der Waals surface area contributed by atoms with Crippen molar-refractivity contribution in [3.63, 3.8) is 0 Å². The maximum Gasteiger partial charge on any atom is 0.144 e. The van der Waals surface area contributed by atoms with Gasteiger partial charge in [0.2, 0.25) is 0 Å². The highest BCUT2D eigenvalue weighted by Crippen LogP contribution is 2.49. The Balaban J connectivity index is 1.47. The molecule has 0 unspecified atom stereocenters. The van der Waals surface area contributed by atoms with Gasteiger partial charge in [-0.1, -0.05) is 109 Å². The summed E-state index contributed by atoms with van der Waals surface area (Å²) < 4.78 is 7.80. The summed E-state index contributed by atoms with van der Waals surface area (Å²) in [6.07, 6.45) is 0. The molecule has 9 aromatic rings. The van der Waals surface area contributed by atoms with Gasteiger partial charge in [0.1, 0.15) is 11.2 Å². The number of benzene rings is 7. The Labute approximate surface area is 234 Å². The lowest BCUT2D eigenvalue weighted by molar-refractivity contribution is 0.673. The number of para-hydroxylation sites is 1. The molecule has 0 spiro atoms. The lowest BCUT2D eigenvalue weighted by Gasteiger charge is -2.18. The van der Waals surface area contributed by atoms with Gasteiger partial charge in [0.05, 0.1) is 0 Å². The molecule has 0 aliphatic rings. The number of thiophene rings is 1. The number of hydrogen-bond acceptors (Lipinski definition) is 2. The Kier molecular flexibility index (Phi) is 4.55. The summed E-state index contributed by atoms with van der Waals surface area (Å²) in [4.78, 5) is 0. The van der Waals surface area contributed by atoms with Crippen LogP contribution in [0.1, 0.15) is 0 Å². The minimum Gasteiger partial charge on any atom is -0.455 e. The first-order valence-electron chi connectivity index (χ1n) is 13.6. The molecule has 0 N–H and O–H groups in total. The molecule has 40 heavy (non-hydrogen) atoms. The van der Waals surface area contributed by atoms with Crippen molar-refractivity contribution in [3.8, 4) is 22.3 Å². The quantitative estimate of drug-likeness (QED) is 0.204. The van der Waals surface area contributed by atoms with E-state index in [4.69, 9.17) is 4.42 Å². The summed E-state index contributed by atoms with van der Waals surface area (Å²) in [6.45, 7) is 0. The zero-order valence-electron chi connectivity index (χ0n) is 21.5. The van der Waals surface area contributed by atoms with Crippen LogP contribution in [0.15, 0.2) is 137 Å². The van der Waals surface area contributed by atoms with E-state index in [9.17, 15) is 0 Å². The van der Waals surface area contributed by atoms with E-state index in [1.165, 1.54) is 70.0 Å². The van der Waals surface area contributed by atoms with Gasteiger partial charge in [-0.25, -0.2) is 0 Å². The van der Waals surface area contributed by atoms with Crippen molar-refractivity contribution in [1.29, 1.82) is 0 Å². The van der Waals surface area contributed by atoms with Gasteiger partial charge in [-0.3, -0.25) is 0 Å². The molecule has 0 amide bonds. The molecule has 1 nitrogen and oxygen atoms in total. The first kappa shape index (κ1) is 22.0. The Hall–Kier alpha value is -4.92. The molecular formula is C38H22OS. The predicted molar refractivity (Wildman–Crippen MR) is 172 cm³/mol. The van der Waals surface area contributed by atoms with Crippen LogP contribution in [0.25, 0.3) is 86.6 Å². The monoisotopic (exact) mass is 526 g/mol. The number of rotatable bonds is 2. The van der Waals surface area contributed by atoms with Crippen molar-refractivity contribution in [2.75, 3.05) is 0 Å². The molecule has 0 aliphatic carbocycles. The Morgan fingerprint density at radius 3 is 1.73 bits per heavy atom. The standard InChI is InChI=1S/C38H22OS/c1-2-12-24-23(10-1)11-9-18-26(24)35-27-14-3-5-16-29(27)36(30-17-6-4-15-28(30)35)32-22-40-34-21-20-31-25-13-7-8-19-33(25)39-38(31)37(32)34/h1-22H. The van der Waals surface area contributed by atoms with Crippen LogP contribution in [0.2, 0.25) is 0 Å². The second-order valence-corrected chi connectivity index (χ2v) is 11.3. The van der Waals surface area contributed by atoms with Gasteiger partial charge < -0.3 is 4.42 Å². The second kappa shape index (κ2) is 8.29. The molecule has 2 aromatic heterocycles. The summed E-state index contributed by atoms with van der Waals surface area (Å²) in [7, 11) is 0. The zero-order chi connectivity index (χ0) is 26.2. The summed E-state index contributed by atoms with van der Waals surface area (Å²) in [5, 5.41) is 13.4. The fourth-order valence-electron chi connectivity index (χ4n) is 6.64. The zero-order valence-corrected chi connectivity index (χ0v) is 22.3. The van der Waals surface area contributed by atoms with Crippen LogP contribution in [-0.2, 0) is 0 Å². The maximum absolute atomic E-state index is 6.56. The van der Waals surface area contributed by atoms with Crippen molar-refractivity contribution in [3.05, 3.63) is 133 Å². The summed E-state index contributed by atoms with van der Waals surface area (Å²) >= 11 is 1.79. The second-order valence-electron chi connectivity index (χ2n) is 10.4. The van der Waals surface area contributed by atoms with E-state index in [1.54, 1.807) is 11.3 Å². The fraction of sp³-hybridized carbons (Fsp3) is 0. The lowest BCUT2D eigenvalue weighted by atomic mass is 9.84. The first-order chi connectivity index (χ1) is 19.9. The minimum atomic E-state index is 0.933. The molecule has 0 saturated heterocycles. The highest BCUT2D eigenvalue weighted by atomic mass is 32.1. The lowest BCUT2D eigenvalue weighted by Crippen LogP contribution is -1.91. The maximum atomic E-state index is 6.56. The largest absolute Gasteiger partial charge is 0.455 e. The van der Waals surface area contributed by atoms with Gasteiger partial charge in [-0.2, -0.15) is 0 Å². The van der Waals surface area contributed by atoms with Gasteiger partial charge in [-0.15, -0.1) is 11.3 Å². The predicted octanol–water partition coefficient (Wildman–Crippen LogP) is 11.6. The molecule has 0 aliphatic heterocycles. The van der Waals surface area contributed by atoms with Gasteiger partial charge in [0.25, 0.3) is 0 Å². The van der Waals surface area contributed by atoms with E-state index in [0.29, 0.717) is 0 Å². The summed E-state index contributed by atoms with van der Waals surface area (Å²) in [5.74, 6) is 0. The van der Waals surface area contributed by atoms with Crippen molar-refractivity contribution >= 4 is 75.7 Å². The van der Waals surface area contributed by atoms with E-state index in [1.807, 2.05) is 6.07 Å². The van der Waals surface area contributed by atoms with Crippen LogP contribution in [0, 0.1) is 0 Å². The third-order valence-corrected chi connectivity index (χ3v) is 9.29. The topological polar surface area (TPSA) is 13.1 Å².